The van der Waals surface area contributed by atoms with E-state index in [4.69, 9.17) is 0 Å². The lowest BCUT2D eigenvalue weighted by molar-refractivity contribution is -0.124. The Kier molecular flexibility index (Phi) is 3.30. The van der Waals surface area contributed by atoms with Gasteiger partial charge in [0.2, 0.25) is 5.91 Å². The van der Waals surface area contributed by atoms with E-state index >= 15 is 0 Å². The van der Waals surface area contributed by atoms with Crippen molar-refractivity contribution in [3.63, 3.8) is 0 Å². The number of nitrogens with one attached hydrogen (secondary N) is 1. The average Bonchev–Trinajstić information content (AvgIpc) is 3.11. The number of hydrogen-bond acceptors (Lipinski definition) is 1. The monoisotopic (exact) mass is 295 g/mol. The molecule has 0 spiro atoms. The quantitative estimate of drug-likeness (QED) is 0.850. The van der Waals surface area contributed by atoms with Gasteiger partial charge in [0.15, 0.2) is 0 Å². The molecule has 1 aliphatic carbocycles. The summed E-state index contributed by atoms with van der Waals surface area (Å²) >= 11 is 3.43. The standard InChI is InChI=1S/C14H18BrNO/c1-13(2,10-15)16-12(17)14(8-9-14)11-6-4-3-5-7-11/h3-7H,8-10H2,1-2H3,(H,16,17). The van der Waals surface area contributed by atoms with Gasteiger partial charge < -0.3 is 5.32 Å². The third-order valence-electron chi connectivity index (χ3n) is 3.30. The summed E-state index contributed by atoms with van der Waals surface area (Å²) in [7, 11) is 0. The summed E-state index contributed by atoms with van der Waals surface area (Å²) in [6.07, 6.45) is 1.92. The van der Waals surface area contributed by atoms with Crippen LogP contribution in [-0.2, 0) is 10.2 Å². The van der Waals surface area contributed by atoms with Gasteiger partial charge >= 0.3 is 0 Å². The predicted molar refractivity (Wildman–Crippen MR) is 73.4 cm³/mol. The molecule has 0 saturated heterocycles. The first-order valence-corrected chi connectivity index (χ1v) is 7.06. The lowest BCUT2D eigenvalue weighted by atomic mass is 9.93. The molecule has 0 aromatic heterocycles. The molecule has 3 heteroatoms. The van der Waals surface area contributed by atoms with Crippen LogP contribution in [0, 0.1) is 0 Å². The summed E-state index contributed by atoms with van der Waals surface area (Å²) in [6, 6.07) is 10.1. The predicted octanol–water partition coefficient (Wildman–Crippen LogP) is 3.01. The molecule has 1 aromatic carbocycles. The van der Waals surface area contributed by atoms with Gasteiger partial charge in [-0.2, -0.15) is 0 Å². The van der Waals surface area contributed by atoms with Crippen LogP contribution in [-0.4, -0.2) is 16.8 Å². The van der Waals surface area contributed by atoms with Crippen molar-refractivity contribution in [2.45, 2.75) is 37.6 Å². The summed E-state index contributed by atoms with van der Waals surface area (Å²) in [6.45, 7) is 4.06. The second kappa shape index (κ2) is 4.45. The highest BCUT2D eigenvalue weighted by Gasteiger charge is 2.51. The zero-order valence-electron chi connectivity index (χ0n) is 10.3. The number of hydrogen-bond donors (Lipinski definition) is 1. The number of carbonyl (C=O) groups excluding carboxylic acids is 1. The molecule has 0 aliphatic heterocycles. The largest absolute Gasteiger partial charge is 0.350 e. The number of amides is 1. The Labute approximate surface area is 111 Å². The van der Waals surface area contributed by atoms with Crippen molar-refractivity contribution in [3.05, 3.63) is 35.9 Å². The van der Waals surface area contributed by atoms with E-state index in [1.165, 1.54) is 0 Å². The molecule has 0 radical (unpaired) electrons. The van der Waals surface area contributed by atoms with Crippen molar-refractivity contribution in [1.29, 1.82) is 0 Å². The highest BCUT2D eigenvalue weighted by molar-refractivity contribution is 9.09. The van der Waals surface area contributed by atoms with Gasteiger partial charge in [-0.1, -0.05) is 46.3 Å². The third-order valence-corrected chi connectivity index (χ3v) is 4.70. The lowest BCUT2D eigenvalue weighted by Crippen LogP contribution is -2.49. The highest BCUT2D eigenvalue weighted by atomic mass is 79.9. The van der Waals surface area contributed by atoms with Crippen molar-refractivity contribution >= 4 is 21.8 Å². The molecule has 1 amide bonds. The molecule has 0 heterocycles. The molecule has 2 nitrogen and oxygen atoms in total. The van der Waals surface area contributed by atoms with E-state index in [1.54, 1.807) is 0 Å². The fraction of sp³-hybridized carbons (Fsp3) is 0.500. The van der Waals surface area contributed by atoms with E-state index in [1.807, 2.05) is 44.2 Å². The van der Waals surface area contributed by atoms with Gasteiger partial charge in [-0.25, -0.2) is 0 Å². The summed E-state index contributed by atoms with van der Waals surface area (Å²) in [5.74, 6) is 0.160. The fourth-order valence-corrected chi connectivity index (χ4v) is 2.13. The molecule has 0 atom stereocenters. The van der Waals surface area contributed by atoms with Crippen molar-refractivity contribution < 1.29 is 4.79 Å². The van der Waals surface area contributed by atoms with Crippen molar-refractivity contribution in [1.82, 2.24) is 5.32 Å². The average molecular weight is 296 g/mol. The Hall–Kier alpha value is -0.830. The molecule has 1 fully saturated rings. The Balaban J connectivity index is 2.15. The van der Waals surface area contributed by atoms with E-state index in [0.29, 0.717) is 0 Å². The first-order chi connectivity index (χ1) is 8.00. The Morgan fingerprint density at radius 1 is 1.35 bits per heavy atom. The molecular formula is C14H18BrNO. The third kappa shape index (κ3) is 2.54. The molecule has 17 heavy (non-hydrogen) atoms. The van der Waals surface area contributed by atoms with Gasteiger partial charge in [0.05, 0.1) is 5.41 Å². The van der Waals surface area contributed by atoms with E-state index in [2.05, 4.69) is 21.2 Å². The lowest BCUT2D eigenvalue weighted by Gasteiger charge is -2.27. The number of halogens is 1. The van der Waals surface area contributed by atoms with E-state index in [0.717, 1.165) is 23.7 Å². The second-order valence-corrected chi connectivity index (χ2v) is 5.98. The van der Waals surface area contributed by atoms with Gasteiger partial charge in [-0.15, -0.1) is 0 Å². The van der Waals surface area contributed by atoms with Crippen LogP contribution in [0.2, 0.25) is 0 Å². The summed E-state index contributed by atoms with van der Waals surface area (Å²) in [5, 5.41) is 3.88. The van der Waals surface area contributed by atoms with E-state index < -0.39 is 0 Å². The first kappa shape index (κ1) is 12.6. The minimum atomic E-state index is -0.263. The normalized spacial score (nSPS) is 17.6. The molecule has 1 saturated carbocycles. The smallest absolute Gasteiger partial charge is 0.231 e. The van der Waals surface area contributed by atoms with Gasteiger partial charge in [0.25, 0.3) is 0 Å². The molecule has 0 bridgehead atoms. The van der Waals surface area contributed by atoms with Crippen molar-refractivity contribution in [3.8, 4) is 0 Å². The Morgan fingerprint density at radius 2 is 1.94 bits per heavy atom. The van der Waals surface area contributed by atoms with Crippen LogP contribution in [0.3, 0.4) is 0 Å². The maximum absolute atomic E-state index is 12.4. The first-order valence-electron chi connectivity index (χ1n) is 5.94. The topological polar surface area (TPSA) is 29.1 Å². The highest BCUT2D eigenvalue weighted by Crippen LogP contribution is 2.48. The summed E-state index contributed by atoms with van der Waals surface area (Å²) in [4.78, 5) is 12.4. The second-order valence-electron chi connectivity index (χ2n) is 5.42. The molecule has 1 aromatic rings. The summed E-state index contributed by atoms with van der Waals surface area (Å²) in [5.41, 5.74) is 0.685. The van der Waals surface area contributed by atoms with Crippen LogP contribution in [0.5, 0.6) is 0 Å². The number of alkyl halides is 1. The van der Waals surface area contributed by atoms with Crippen LogP contribution >= 0.6 is 15.9 Å². The zero-order valence-corrected chi connectivity index (χ0v) is 11.9. The fourth-order valence-electron chi connectivity index (χ4n) is 1.99. The minimum Gasteiger partial charge on any atom is -0.350 e. The number of rotatable bonds is 4. The van der Waals surface area contributed by atoms with Crippen LogP contribution in [0.25, 0.3) is 0 Å². The van der Waals surface area contributed by atoms with Crippen molar-refractivity contribution in [2.75, 3.05) is 5.33 Å². The maximum atomic E-state index is 12.4. The molecule has 1 aliphatic rings. The Bertz CT molecular complexity index is 409. The van der Waals surface area contributed by atoms with Gasteiger partial charge in [-0.3, -0.25) is 4.79 Å². The van der Waals surface area contributed by atoms with Gasteiger partial charge in [-0.05, 0) is 32.3 Å². The minimum absolute atomic E-state index is 0.160. The molecule has 1 N–H and O–H groups in total. The van der Waals surface area contributed by atoms with Crippen LogP contribution in [0.1, 0.15) is 32.3 Å². The van der Waals surface area contributed by atoms with Gasteiger partial charge in [0.1, 0.15) is 0 Å². The van der Waals surface area contributed by atoms with Crippen molar-refractivity contribution in [2.24, 2.45) is 0 Å². The van der Waals surface area contributed by atoms with Gasteiger partial charge in [0, 0.05) is 10.9 Å². The van der Waals surface area contributed by atoms with E-state index in [-0.39, 0.29) is 16.9 Å². The van der Waals surface area contributed by atoms with Crippen LogP contribution in [0.4, 0.5) is 0 Å². The molecule has 92 valence electrons. The number of carbonyl (C=O) groups is 1. The summed E-state index contributed by atoms with van der Waals surface area (Å²) < 4.78 is 0. The van der Waals surface area contributed by atoms with E-state index in [9.17, 15) is 4.79 Å². The molecule has 0 unspecified atom stereocenters. The Morgan fingerprint density at radius 3 is 2.41 bits per heavy atom. The number of benzene rings is 1. The SMILES string of the molecule is CC(C)(CBr)NC(=O)C1(c2ccccc2)CC1. The molecular weight excluding hydrogens is 278 g/mol. The van der Waals surface area contributed by atoms with Crippen LogP contribution in [0.15, 0.2) is 30.3 Å². The maximum Gasteiger partial charge on any atom is 0.231 e. The molecule has 2 rings (SSSR count). The zero-order chi connectivity index (χ0) is 12.5. The van der Waals surface area contributed by atoms with Crippen LogP contribution < -0.4 is 5.32 Å².